The van der Waals surface area contributed by atoms with E-state index in [1.807, 2.05) is 48.5 Å². The van der Waals surface area contributed by atoms with Gasteiger partial charge in [0.05, 0.1) is 0 Å². The Morgan fingerprint density at radius 2 is 1.21 bits per heavy atom. The first-order valence-electron chi connectivity index (χ1n) is 7.96. The van der Waals surface area contributed by atoms with E-state index in [1.54, 1.807) is 0 Å². The molecule has 0 unspecified atom stereocenters. The van der Waals surface area contributed by atoms with Crippen molar-refractivity contribution in [2.45, 2.75) is 0 Å². The molecule has 0 aromatic heterocycles. The maximum Gasteiger partial charge on any atom is 0.0479 e. The Kier molecular flexibility index (Phi) is 3.43. The van der Waals surface area contributed by atoms with Crippen LogP contribution in [0.2, 0.25) is 0 Å². The van der Waals surface area contributed by atoms with Gasteiger partial charge in [-0.3, -0.25) is 0 Å². The van der Waals surface area contributed by atoms with E-state index in [9.17, 15) is 0 Å². The van der Waals surface area contributed by atoms with Crippen molar-refractivity contribution in [3.63, 3.8) is 0 Å². The molecule has 0 fully saturated rings. The van der Waals surface area contributed by atoms with Crippen LogP contribution in [0.3, 0.4) is 0 Å². The maximum absolute atomic E-state index is 6.62. The molecule has 2 nitrogen and oxygen atoms in total. The Morgan fingerprint density at radius 3 is 1.88 bits per heavy atom. The lowest BCUT2D eigenvalue weighted by atomic mass is 9.90. The summed E-state index contributed by atoms with van der Waals surface area (Å²) in [6.45, 7) is 0. The fourth-order valence-electron chi connectivity index (χ4n) is 3.21. The van der Waals surface area contributed by atoms with Gasteiger partial charge in [-0.05, 0) is 40.1 Å². The van der Waals surface area contributed by atoms with E-state index in [-0.39, 0.29) is 0 Å². The smallest absolute Gasteiger partial charge is 0.0479 e. The normalized spacial score (nSPS) is 10.8. The molecule has 4 aromatic rings. The summed E-state index contributed by atoms with van der Waals surface area (Å²) in [7, 11) is 0. The minimum Gasteiger partial charge on any atom is -0.399 e. The fourth-order valence-corrected chi connectivity index (χ4v) is 3.21. The Bertz CT molecular complexity index is 1010. The Morgan fingerprint density at radius 1 is 0.583 bits per heavy atom. The van der Waals surface area contributed by atoms with Crippen LogP contribution in [0.25, 0.3) is 33.0 Å². The van der Waals surface area contributed by atoms with Gasteiger partial charge in [-0.15, -0.1) is 0 Å². The third-order valence-electron chi connectivity index (χ3n) is 4.35. The minimum absolute atomic E-state index is 0.755. The van der Waals surface area contributed by atoms with Gasteiger partial charge in [-0.1, -0.05) is 66.7 Å². The molecule has 0 bridgehead atoms. The number of anilines is 2. The zero-order valence-corrected chi connectivity index (χ0v) is 13.2. The van der Waals surface area contributed by atoms with Crippen LogP contribution in [0.5, 0.6) is 0 Å². The molecule has 4 rings (SSSR count). The molecule has 0 spiro atoms. The topological polar surface area (TPSA) is 52.0 Å². The zero-order chi connectivity index (χ0) is 16.5. The quantitative estimate of drug-likeness (QED) is 0.491. The van der Waals surface area contributed by atoms with E-state index in [0.29, 0.717) is 0 Å². The molecule has 0 saturated carbocycles. The van der Waals surface area contributed by atoms with Crippen molar-refractivity contribution in [2.24, 2.45) is 0 Å². The van der Waals surface area contributed by atoms with E-state index >= 15 is 0 Å². The summed E-state index contributed by atoms with van der Waals surface area (Å²) in [6.07, 6.45) is 0. The molecule has 2 heteroatoms. The van der Waals surface area contributed by atoms with Crippen LogP contribution < -0.4 is 11.5 Å². The Hall–Kier alpha value is -3.26. The standard InChI is InChI=1S/C22H18N2/c23-18-11-12-19-17(13-18)14-20(15-7-3-1-4-8-15)22(24)21(19)16-9-5-2-6-10-16/h1-14H,23-24H2. The molecule has 0 aliphatic rings. The Labute approximate surface area is 141 Å². The molecule has 0 aliphatic heterocycles. The number of nitrogen functional groups attached to an aromatic ring is 2. The van der Waals surface area contributed by atoms with Crippen LogP contribution in [0.15, 0.2) is 84.9 Å². The molecule has 0 radical (unpaired) electrons. The predicted octanol–water partition coefficient (Wildman–Crippen LogP) is 5.34. The van der Waals surface area contributed by atoms with Crippen molar-refractivity contribution in [1.82, 2.24) is 0 Å². The van der Waals surface area contributed by atoms with Gasteiger partial charge < -0.3 is 11.5 Å². The van der Waals surface area contributed by atoms with Gasteiger partial charge in [0.25, 0.3) is 0 Å². The lowest BCUT2D eigenvalue weighted by Crippen LogP contribution is -1.96. The third kappa shape index (κ3) is 2.38. The van der Waals surface area contributed by atoms with Crippen molar-refractivity contribution in [1.29, 1.82) is 0 Å². The lowest BCUT2D eigenvalue weighted by molar-refractivity contribution is 1.61. The van der Waals surface area contributed by atoms with Crippen LogP contribution in [0.1, 0.15) is 0 Å². The highest BCUT2D eigenvalue weighted by atomic mass is 14.6. The van der Waals surface area contributed by atoms with Gasteiger partial charge in [0, 0.05) is 22.5 Å². The van der Waals surface area contributed by atoms with Crippen molar-refractivity contribution in [3.05, 3.63) is 84.9 Å². The number of benzene rings is 4. The van der Waals surface area contributed by atoms with E-state index in [2.05, 4.69) is 36.4 Å². The highest BCUT2D eigenvalue weighted by molar-refractivity contribution is 6.08. The second-order valence-electron chi connectivity index (χ2n) is 5.93. The van der Waals surface area contributed by atoms with Crippen molar-refractivity contribution in [3.8, 4) is 22.3 Å². The molecule has 0 amide bonds. The molecule has 0 heterocycles. The SMILES string of the molecule is Nc1ccc2c(-c3ccccc3)c(N)c(-c3ccccc3)cc2c1. The van der Waals surface area contributed by atoms with Gasteiger partial charge in [0.15, 0.2) is 0 Å². The average molecular weight is 310 g/mol. The van der Waals surface area contributed by atoms with Crippen LogP contribution >= 0.6 is 0 Å². The second kappa shape index (κ2) is 5.74. The summed E-state index contributed by atoms with van der Waals surface area (Å²) in [5, 5.41) is 2.22. The minimum atomic E-state index is 0.755. The number of hydrogen-bond donors (Lipinski definition) is 2. The molecular formula is C22H18N2. The zero-order valence-electron chi connectivity index (χ0n) is 13.2. The van der Waals surface area contributed by atoms with Crippen LogP contribution in [-0.2, 0) is 0 Å². The molecule has 0 aliphatic carbocycles. The second-order valence-corrected chi connectivity index (χ2v) is 5.93. The van der Waals surface area contributed by atoms with Crippen LogP contribution in [-0.4, -0.2) is 0 Å². The van der Waals surface area contributed by atoms with E-state index in [1.165, 1.54) is 0 Å². The number of fused-ring (bicyclic) bond motifs is 1. The van der Waals surface area contributed by atoms with E-state index < -0.39 is 0 Å². The predicted molar refractivity (Wildman–Crippen MR) is 104 cm³/mol. The highest BCUT2D eigenvalue weighted by Crippen LogP contribution is 2.41. The molecule has 0 saturated heterocycles. The van der Waals surface area contributed by atoms with Gasteiger partial charge in [0.1, 0.15) is 0 Å². The molecule has 0 atom stereocenters. The van der Waals surface area contributed by atoms with E-state index in [4.69, 9.17) is 11.5 Å². The number of hydrogen-bond acceptors (Lipinski definition) is 2. The highest BCUT2D eigenvalue weighted by Gasteiger charge is 2.14. The van der Waals surface area contributed by atoms with Crippen LogP contribution in [0, 0.1) is 0 Å². The average Bonchev–Trinajstić information content (AvgIpc) is 2.63. The van der Waals surface area contributed by atoms with E-state index in [0.717, 1.165) is 44.4 Å². The van der Waals surface area contributed by atoms with Gasteiger partial charge in [-0.25, -0.2) is 0 Å². The largest absolute Gasteiger partial charge is 0.399 e. The first kappa shape index (κ1) is 14.3. The van der Waals surface area contributed by atoms with Crippen molar-refractivity contribution < 1.29 is 0 Å². The molecule has 4 aromatic carbocycles. The van der Waals surface area contributed by atoms with Gasteiger partial charge in [-0.2, -0.15) is 0 Å². The first-order chi connectivity index (χ1) is 11.7. The maximum atomic E-state index is 6.62. The molecule has 24 heavy (non-hydrogen) atoms. The van der Waals surface area contributed by atoms with Crippen LogP contribution in [0.4, 0.5) is 11.4 Å². The monoisotopic (exact) mass is 310 g/mol. The summed E-state index contributed by atoms with van der Waals surface area (Å²) in [5.74, 6) is 0. The first-order valence-corrected chi connectivity index (χ1v) is 7.96. The number of nitrogens with two attached hydrogens (primary N) is 2. The fraction of sp³-hybridized carbons (Fsp3) is 0. The van der Waals surface area contributed by atoms with Crippen molar-refractivity contribution >= 4 is 22.1 Å². The Balaban J connectivity index is 2.11. The van der Waals surface area contributed by atoms with Crippen molar-refractivity contribution in [2.75, 3.05) is 11.5 Å². The summed E-state index contributed by atoms with van der Waals surface area (Å²) in [4.78, 5) is 0. The van der Waals surface area contributed by atoms with Gasteiger partial charge in [0.2, 0.25) is 0 Å². The molecule has 116 valence electrons. The summed E-state index contributed by atoms with van der Waals surface area (Å²) in [6, 6.07) is 28.6. The molecular weight excluding hydrogens is 292 g/mol. The number of rotatable bonds is 2. The summed E-state index contributed by atoms with van der Waals surface area (Å²) in [5.41, 5.74) is 18.5. The molecule has 4 N–H and O–H groups in total. The lowest BCUT2D eigenvalue weighted by Gasteiger charge is -2.16. The summed E-state index contributed by atoms with van der Waals surface area (Å²) >= 11 is 0. The third-order valence-corrected chi connectivity index (χ3v) is 4.35. The summed E-state index contributed by atoms with van der Waals surface area (Å²) < 4.78 is 0. The van der Waals surface area contributed by atoms with Gasteiger partial charge >= 0.3 is 0 Å².